The second-order valence-corrected chi connectivity index (χ2v) is 6.48. The van der Waals surface area contributed by atoms with Crippen molar-refractivity contribution in [1.29, 1.82) is 0 Å². The number of carbonyl (C=O) groups is 2. The number of aryl methyl sites for hydroxylation is 2. The summed E-state index contributed by atoms with van der Waals surface area (Å²) in [6, 6.07) is 12.1. The second-order valence-electron chi connectivity index (χ2n) is 6.48. The fourth-order valence-corrected chi connectivity index (χ4v) is 2.78. The van der Waals surface area contributed by atoms with E-state index in [1.807, 2.05) is 30.3 Å². The minimum atomic E-state index is -0.581. The van der Waals surface area contributed by atoms with E-state index in [9.17, 15) is 14.0 Å². The van der Waals surface area contributed by atoms with E-state index < -0.39 is 11.7 Å². The van der Waals surface area contributed by atoms with E-state index in [2.05, 4.69) is 20.6 Å². The van der Waals surface area contributed by atoms with Crippen molar-refractivity contribution in [3.8, 4) is 0 Å². The molecule has 3 rings (SSSR count). The first-order valence-electron chi connectivity index (χ1n) is 8.97. The molecule has 0 spiro atoms. The first-order valence-corrected chi connectivity index (χ1v) is 8.97. The number of benzene rings is 2. The molecule has 7 heteroatoms. The predicted octanol–water partition coefficient (Wildman–Crippen LogP) is 2.47. The van der Waals surface area contributed by atoms with Gasteiger partial charge in [0.1, 0.15) is 11.3 Å². The fraction of sp³-hybridized carbons (Fsp3) is 0.238. The number of amides is 2. The number of hydrogen-bond donors (Lipinski definition) is 2. The molecule has 0 aliphatic heterocycles. The second kappa shape index (κ2) is 8.56. The topological polar surface area (TPSA) is 84.0 Å². The average molecular weight is 380 g/mol. The van der Waals surface area contributed by atoms with Crippen LogP contribution in [-0.4, -0.2) is 34.9 Å². The molecule has 0 aliphatic carbocycles. The molecule has 0 aliphatic rings. The molecule has 3 aromatic rings. The molecule has 1 heterocycles. The highest BCUT2D eigenvalue weighted by atomic mass is 19.1. The number of carbonyl (C=O) groups excluding carboxylic acids is 2. The van der Waals surface area contributed by atoms with Crippen molar-refractivity contribution < 1.29 is 14.0 Å². The van der Waals surface area contributed by atoms with Gasteiger partial charge in [-0.15, -0.1) is 0 Å². The third kappa shape index (κ3) is 4.68. The van der Waals surface area contributed by atoms with Crippen molar-refractivity contribution in [2.75, 3.05) is 13.1 Å². The highest BCUT2D eigenvalue weighted by molar-refractivity contribution is 6.05. The number of fused-ring (bicyclic) bond motifs is 1. The molecule has 0 fully saturated rings. The average Bonchev–Trinajstić information content (AvgIpc) is 2.67. The lowest BCUT2D eigenvalue weighted by molar-refractivity contribution is -0.120. The van der Waals surface area contributed by atoms with Crippen LogP contribution in [0.1, 0.15) is 27.3 Å². The standard InChI is InChI=1S/C21H21FN4O2/c1-13-14(2)26-20-17(10-16(22)11-18(20)25-13)21(28)24-12-19(27)23-9-8-15-6-4-3-5-7-15/h3-7,10-11H,8-9,12H2,1-2H3,(H,23,27)(H,24,28). The summed E-state index contributed by atoms with van der Waals surface area (Å²) in [4.78, 5) is 33.1. The van der Waals surface area contributed by atoms with Crippen LogP contribution in [0.3, 0.4) is 0 Å². The van der Waals surface area contributed by atoms with E-state index in [4.69, 9.17) is 0 Å². The zero-order valence-corrected chi connectivity index (χ0v) is 15.8. The lowest BCUT2D eigenvalue weighted by Gasteiger charge is -2.10. The van der Waals surface area contributed by atoms with Gasteiger partial charge in [0.2, 0.25) is 5.91 Å². The molecule has 1 aromatic heterocycles. The number of halogens is 1. The third-order valence-corrected chi connectivity index (χ3v) is 4.38. The van der Waals surface area contributed by atoms with Gasteiger partial charge in [0, 0.05) is 12.6 Å². The van der Waals surface area contributed by atoms with E-state index in [0.717, 1.165) is 11.6 Å². The Morgan fingerprint density at radius 3 is 2.46 bits per heavy atom. The maximum atomic E-state index is 13.9. The molecule has 0 unspecified atom stereocenters. The van der Waals surface area contributed by atoms with E-state index in [1.54, 1.807) is 13.8 Å². The Labute approximate surface area is 162 Å². The van der Waals surface area contributed by atoms with Gasteiger partial charge >= 0.3 is 0 Å². The van der Waals surface area contributed by atoms with E-state index in [1.165, 1.54) is 6.07 Å². The smallest absolute Gasteiger partial charge is 0.254 e. The minimum absolute atomic E-state index is 0.0580. The van der Waals surface area contributed by atoms with Crippen LogP contribution in [-0.2, 0) is 11.2 Å². The molecule has 2 aromatic carbocycles. The van der Waals surface area contributed by atoms with Gasteiger partial charge in [-0.05, 0) is 31.9 Å². The fourth-order valence-electron chi connectivity index (χ4n) is 2.78. The Balaban J connectivity index is 1.61. The number of aromatic nitrogens is 2. The summed E-state index contributed by atoms with van der Waals surface area (Å²) in [6.45, 7) is 3.80. The van der Waals surface area contributed by atoms with Crippen molar-refractivity contribution in [1.82, 2.24) is 20.6 Å². The number of nitrogens with one attached hydrogen (secondary N) is 2. The molecule has 6 nitrogen and oxygen atoms in total. The molecule has 0 bridgehead atoms. The van der Waals surface area contributed by atoms with Gasteiger partial charge in [-0.1, -0.05) is 30.3 Å². The molecule has 2 amide bonds. The Hall–Kier alpha value is -3.35. The van der Waals surface area contributed by atoms with Crippen LogP contribution in [0.2, 0.25) is 0 Å². The van der Waals surface area contributed by atoms with Crippen molar-refractivity contribution in [3.63, 3.8) is 0 Å². The van der Waals surface area contributed by atoms with Gasteiger partial charge in [0.15, 0.2) is 0 Å². The van der Waals surface area contributed by atoms with Crippen molar-refractivity contribution >= 4 is 22.8 Å². The Kier molecular flexibility index (Phi) is 5.93. The molecule has 0 radical (unpaired) electrons. The van der Waals surface area contributed by atoms with E-state index in [-0.39, 0.29) is 18.0 Å². The zero-order chi connectivity index (χ0) is 20.1. The van der Waals surface area contributed by atoms with Crippen LogP contribution in [0.15, 0.2) is 42.5 Å². The van der Waals surface area contributed by atoms with Crippen molar-refractivity contribution in [3.05, 3.63) is 70.8 Å². The summed E-state index contributed by atoms with van der Waals surface area (Å²) in [6.07, 6.45) is 0.698. The summed E-state index contributed by atoms with van der Waals surface area (Å²) < 4.78 is 13.9. The maximum Gasteiger partial charge on any atom is 0.254 e. The molecular weight excluding hydrogens is 359 g/mol. The lowest BCUT2D eigenvalue weighted by Crippen LogP contribution is -2.37. The summed E-state index contributed by atoms with van der Waals surface area (Å²) in [5.74, 6) is -1.47. The van der Waals surface area contributed by atoms with Crippen LogP contribution < -0.4 is 10.6 Å². The van der Waals surface area contributed by atoms with Gasteiger partial charge in [-0.25, -0.2) is 14.4 Å². The number of hydrogen-bond acceptors (Lipinski definition) is 4. The summed E-state index contributed by atoms with van der Waals surface area (Å²) in [7, 11) is 0. The van der Waals surface area contributed by atoms with Crippen LogP contribution in [0.5, 0.6) is 0 Å². The highest BCUT2D eigenvalue weighted by Gasteiger charge is 2.16. The maximum absolute atomic E-state index is 13.9. The monoisotopic (exact) mass is 380 g/mol. The largest absolute Gasteiger partial charge is 0.354 e. The molecule has 144 valence electrons. The van der Waals surface area contributed by atoms with Gasteiger partial charge < -0.3 is 10.6 Å². The molecule has 28 heavy (non-hydrogen) atoms. The molecule has 2 N–H and O–H groups in total. The normalized spacial score (nSPS) is 10.7. The summed E-state index contributed by atoms with van der Waals surface area (Å²) in [5, 5.41) is 5.26. The van der Waals surface area contributed by atoms with Crippen LogP contribution >= 0.6 is 0 Å². The van der Waals surface area contributed by atoms with Crippen molar-refractivity contribution in [2.24, 2.45) is 0 Å². The lowest BCUT2D eigenvalue weighted by atomic mass is 10.1. The highest BCUT2D eigenvalue weighted by Crippen LogP contribution is 2.19. The SMILES string of the molecule is Cc1nc2cc(F)cc(C(=O)NCC(=O)NCCc3ccccc3)c2nc1C. The number of rotatable bonds is 6. The zero-order valence-electron chi connectivity index (χ0n) is 15.8. The minimum Gasteiger partial charge on any atom is -0.354 e. The molecular formula is C21H21FN4O2. The molecule has 0 saturated carbocycles. The molecule has 0 saturated heterocycles. The van der Waals surface area contributed by atoms with Crippen LogP contribution in [0.25, 0.3) is 11.0 Å². The van der Waals surface area contributed by atoms with Gasteiger partial charge in [0.05, 0.1) is 29.0 Å². The van der Waals surface area contributed by atoms with E-state index >= 15 is 0 Å². The Morgan fingerprint density at radius 2 is 1.71 bits per heavy atom. The summed E-state index contributed by atoms with van der Waals surface area (Å²) >= 11 is 0. The van der Waals surface area contributed by atoms with Gasteiger partial charge in [-0.3, -0.25) is 9.59 Å². The van der Waals surface area contributed by atoms with Gasteiger partial charge in [-0.2, -0.15) is 0 Å². The van der Waals surface area contributed by atoms with E-state index in [0.29, 0.717) is 35.4 Å². The van der Waals surface area contributed by atoms with Crippen molar-refractivity contribution in [2.45, 2.75) is 20.3 Å². The van der Waals surface area contributed by atoms with Crippen LogP contribution in [0.4, 0.5) is 4.39 Å². The molecule has 0 atom stereocenters. The summed E-state index contributed by atoms with van der Waals surface area (Å²) in [5.41, 5.74) is 3.12. The number of nitrogens with zero attached hydrogens (tertiary/aromatic N) is 2. The Bertz CT molecular complexity index is 1020. The third-order valence-electron chi connectivity index (χ3n) is 4.38. The first kappa shape index (κ1) is 19.4. The van der Waals surface area contributed by atoms with Crippen LogP contribution in [0, 0.1) is 19.7 Å². The predicted molar refractivity (Wildman–Crippen MR) is 104 cm³/mol. The van der Waals surface area contributed by atoms with Gasteiger partial charge in [0.25, 0.3) is 5.91 Å². The first-order chi connectivity index (χ1) is 13.4. The quantitative estimate of drug-likeness (QED) is 0.688. The Morgan fingerprint density at radius 1 is 1.00 bits per heavy atom.